The smallest absolute Gasteiger partial charge is 0.303 e. The van der Waals surface area contributed by atoms with Crippen molar-refractivity contribution in [2.75, 3.05) is 6.61 Å². The summed E-state index contributed by atoms with van der Waals surface area (Å²) in [7, 11) is 0. The van der Waals surface area contributed by atoms with Gasteiger partial charge in [0.15, 0.2) is 0 Å². The number of carbonyl (C=O) groups is 2. The van der Waals surface area contributed by atoms with Gasteiger partial charge in [-0.05, 0) is 32.4 Å². The molecule has 5 nitrogen and oxygen atoms in total. The summed E-state index contributed by atoms with van der Waals surface area (Å²) in [4.78, 5) is 21.9. The summed E-state index contributed by atoms with van der Waals surface area (Å²) in [5, 5.41) is 11.3. The van der Waals surface area contributed by atoms with E-state index in [2.05, 4.69) is 5.32 Å². The zero-order valence-electron chi connectivity index (χ0n) is 11.9. The number of hydrogen-bond acceptors (Lipinski definition) is 3. The van der Waals surface area contributed by atoms with Crippen LogP contribution < -0.4 is 10.1 Å². The summed E-state index contributed by atoms with van der Waals surface area (Å²) < 4.78 is 5.56. The van der Waals surface area contributed by atoms with Gasteiger partial charge in [0.2, 0.25) is 5.91 Å². The molecule has 1 aromatic rings. The van der Waals surface area contributed by atoms with Crippen LogP contribution in [0.2, 0.25) is 0 Å². The van der Waals surface area contributed by atoms with E-state index in [1.165, 1.54) is 0 Å². The highest BCUT2D eigenvalue weighted by Gasteiger charge is 2.08. The highest BCUT2D eigenvalue weighted by molar-refractivity contribution is 5.77. The fourth-order valence-electron chi connectivity index (χ4n) is 1.64. The first kappa shape index (κ1) is 16.0. The average molecular weight is 279 g/mol. The van der Waals surface area contributed by atoms with Crippen LogP contribution in [0.1, 0.15) is 31.7 Å². The summed E-state index contributed by atoms with van der Waals surface area (Å²) in [6.07, 6.45) is 0.593. The fraction of sp³-hybridized carbons (Fsp3) is 0.467. The summed E-state index contributed by atoms with van der Waals surface area (Å²) >= 11 is 0. The van der Waals surface area contributed by atoms with E-state index in [0.29, 0.717) is 13.0 Å². The number of aryl methyl sites for hydroxylation is 1. The molecule has 110 valence electrons. The maximum atomic E-state index is 11.5. The Kier molecular flexibility index (Phi) is 6.56. The van der Waals surface area contributed by atoms with Crippen LogP contribution in [0.25, 0.3) is 0 Å². The zero-order chi connectivity index (χ0) is 15.0. The van der Waals surface area contributed by atoms with Crippen molar-refractivity contribution in [1.82, 2.24) is 5.32 Å². The third-order valence-corrected chi connectivity index (χ3v) is 2.72. The Labute approximate surface area is 118 Å². The van der Waals surface area contributed by atoms with Crippen LogP contribution in [0.3, 0.4) is 0 Å². The lowest BCUT2D eigenvalue weighted by Gasteiger charge is -2.15. The number of aliphatic carboxylic acids is 1. The van der Waals surface area contributed by atoms with Crippen molar-refractivity contribution in [3.8, 4) is 5.75 Å². The standard InChI is InChI=1S/C15H21NO4/c1-11-6-8-13(9-7-11)20-10-12(2)16-14(17)4-3-5-15(18)19/h6-9,12H,3-5,10H2,1-2H3,(H,16,17)(H,18,19). The molecule has 0 aromatic heterocycles. The van der Waals surface area contributed by atoms with E-state index in [9.17, 15) is 9.59 Å². The summed E-state index contributed by atoms with van der Waals surface area (Å²) in [5.74, 6) is -0.262. The van der Waals surface area contributed by atoms with Crippen LogP contribution in [0.15, 0.2) is 24.3 Å². The Bertz CT molecular complexity index is 442. The van der Waals surface area contributed by atoms with E-state index in [-0.39, 0.29) is 24.8 Å². The number of carboxylic acid groups (broad SMARTS) is 1. The average Bonchev–Trinajstić information content (AvgIpc) is 2.37. The molecule has 0 aliphatic carbocycles. The predicted molar refractivity (Wildman–Crippen MR) is 75.8 cm³/mol. The lowest BCUT2D eigenvalue weighted by atomic mass is 10.2. The van der Waals surface area contributed by atoms with Gasteiger partial charge in [-0.3, -0.25) is 9.59 Å². The molecule has 5 heteroatoms. The van der Waals surface area contributed by atoms with Gasteiger partial charge in [0.25, 0.3) is 0 Å². The van der Waals surface area contributed by atoms with Crippen LogP contribution in [0.5, 0.6) is 5.75 Å². The van der Waals surface area contributed by atoms with E-state index in [4.69, 9.17) is 9.84 Å². The van der Waals surface area contributed by atoms with Crippen LogP contribution >= 0.6 is 0 Å². The molecule has 0 heterocycles. The number of hydrogen-bond donors (Lipinski definition) is 2. The molecule has 1 atom stereocenters. The summed E-state index contributed by atoms with van der Waals surface area (Å²) in [6, 6.07) is 7.58. The second-order valence-corrected chi connectivity index (χ2v) is 4.84. The van der Waals surface area contributed by atoms with Crippen molar-refractivity contribution in [3.63, 3.8) is 0 Å². The monoisotopic (exact) mass is 279 g/mol. The molecule has 0 spiro atoms. The molecule has 0 saturated heterocycles. The van der Waals surface area contributed by atoms with Crippen molar-refractivity contribution in [2.24, 2.45) is 0 Å². The Balaban J connectivity index is 2.22. The quantitative estimate of drug-likeness (QED) is 0.764. The number of amides is 1. The number of carbonyl (C=O) groups excluding carboxylic acids is 1. The van der Waals surface area contributed by atoms with E-state index >= 15 is 0 Å². The van der Waals surface area contributed by atoms with Crippen molar-refractivity contribution in [2.45, 2.75) is 39.2 Å². The molecule has 2 N–H and O–H groups in total. The largest absolute Gasteiger partial charge is 0.491 e. The van der Waals surface area contributed by atoms with Gasteiger partial charge in [-0.25, -0.2) is 0 Å². The number of nitrogens with one attached hydrogen (secondary N) is 1. The molecule has 0 radical (unpaired) electrons. The van der Waals surface area contributed by atoms with Crippen LogP contribution in [-0.4, -0.2) is 29.6 Å². The molecule has 1 amide bonds. The van der Waals surface area contributed by atoms with Gasteiger partial charge in [-0.15, -0.1) is 0 Å². The highest BCUT2D eigenvalue weighted by atomic mass is 16.5. The first-order chi connectivity index (χ1) is 9.47. The molecule has 0 aliphatic rings. The van der Waals surface area contributed by atoms with Gasteiger partial charge in [0.1, 0.15) is 12.4 Å². The minimum absolute atomic E-state index is 0.0155. The molecule has 1 unspecified atom stereocenters. The van der Waals surface area contributed by atoms with Gasteiger partial charge in [-0.2, -0.15) is 0 Å². The maximum absolute atomic E-state index is 11.5. The molecular weight excluding hydrogens is 258 g/mol. The Morgan fingerprint density at radius 1 is 1.25 bits per heavy atom. The molecule has 1 rings (SSSR count). The van der Waals surface area contributed by atoms with Gasteiger partial charge >= 0.3 is 5.97 Å². The first-order valence-corrected chi connectivity index (χ1v) is 6.68. The van der Waals surface area contributed by atoms with Crippen molar-refractivity contribution < 1.29 is 19.4 Å². The fourth-order valence-corrected chi connectivity index (χ4v) is 1.64. The Morgan fingerprint density at radius 3 is 2.50 bits per heavy atom. The Hall–Kier alpha value is -2.04. The molecule has 0 fully saturated rings. The number of ether oxygens (including phenoxy) is 1. The van der Waals surface area contributed by atoms with Crippen molar-refractivity contribution in [3.05, 3.63) is 29.8 Å². The normalized spacial score (nSPS) is 11.7. The molecule has 20 heavy (non-hydrogen) atoms. The SMILES string of the molecule is Cc1ccc(OCC(C)NC(=O)CCCC(=O)O)cc1. The van der Waals surface area contributed by atoms with E-state index < -0.39 is 5.97 Å². The van der Waals surface area contributed by atoms with Gasteiger partial charge in [0, 0.05) is 12.8 Å². The van der Waals surface area contributed by atoms with Crippen LogP contribution in [-0.2, 0) is 9.59 Å². The first-order valence-electron chi connectivity index (χ1n) is 6.68. The van der Waals surface area contributed by atoms with E-state index in [1.807, 2.05) is 38.1 Å². The predicted octanol–water partition coefficient (Wildman–Crippen LogP) is 2.13. The van der Waals surface area contributed by atoms with E-state index in [0.717, 1.165) is 11.3 Å². The minimum atomic E-state index is -0.881. The zero-order valence-corrected chi connectivity index (χ0v) is 11.9. The lowest BCUT2D eigenvalue weighted by Crippen LogP contribution is -2.36. The molecule has 1 aromatic carbocycles. The third-order valence-electron chi connectivity index (χ3n) is 2.72. The molecular formula is C15H21NO4. The van der Waals surface area contributed by atoms with Gasteiger partial charge < -0.3 is 15.2 Å². The number of carboxylic acids is 1. The second kappa shape index (κ2) is 8.19. The second-order valence-electron chi connectivity index (χ2n) is 4.84. The van der Waals surface area contributed by atoms with E-state index in [1.54, 1.807) is 0 Å². The Morgan fingerprint density at radius 2 is 1.90 bits per heavy atom. The minimum Gasteiger partial charge on any atom is -0.491 e. The van der Waals surface area contributed by atoms with Gasteiger partial charge in [-0.1, -0.05) is 17.7 Å². The van der Waals surface area contributed by atoms with Crippen molar-refractivity contribution >= 4 is 11.9 Å². The van der Waals surface area contributed by atoms with Crippen LogP contribution in [0.4, 0.5) is 0 Å². The summed E-state index contributed by atoms with van der Waals surface area (Å²) in [6.45, 7) is 4.24. The third kappa shape index (κ3) is 6.78. The molecule has 0 aliphatic heterocycles. The summed E-state index contributed by atoms with van der Waals surface area (Å²) in [5.41, 5.74) is 1.16. The van der Waals surface area contributed by atoms with Gasteiger partial charge in [0.05, 0.1) is 6.04 Å². The topological polar surface area (TPSA) is 75.6 Å². The highest BCUT2D eigenvalue weighted by Crippen LogP contribution is 2.11. The number of benzene rings is 1. The number of rotatable bonds is 8. The van der Waals surface area contributed by atoms with Crippen LogP contribution in [0, 0.1) is 6.92 Å². The molecule has 0 bridgehead atoms. The lowest BCUT2D eigenvalue weighted by molar-refractivity contribution is -0.137. The van der Waals surface area contributed by atoms with Crippen molar-refractivity contribution in [1.29, 1.82) is 0 Å². The maximum Gasteiger partial charge on any atom is 0.303 e. The molecule has 0 saturated carbocycles.